The maximum Gasteiger partial charge on any atom is 0.410 e. The Kier molecular flexibility index (Phi) is 9.65. The van der Waals surface area contributed by atoms with Gasteiger partial charge in [0.1, 0.15) is 5.60 Å². The van der Waals surface area contributed by atoms with Gasteiger partial charge in [-0.15, -0.1) is 0 Å². The van der Waals surface area contributed by atoms with E-state index in [9.17, 15) is 4.79 Å². The van der Waals surface area contributed by atoms with Crippen LogP contribution in [0, 0.1) is 5.92 Å². The van der Waals surface area contributed by atoms with E-state index in [1.54, 1.807) is 0 Å². The maximum atomic E-state index is 12.4. The first-order valence-electron chi connectivity index (χ1n) is 11.7. The molecule has 1 aromatic rings. The van der Waals surface area contributed by atoms with E-state index in [2.05, 4.69) is 28.4 Å². The van der Waals surface area contributed by atoms with Crippen molar-refractivity contribution in [2.45, 2.75) is 65.9 Å². The Labute approximate surface area is 188 Å². The summed E-state index contributed by atoms with van der Waals surface area (Å²) in [5.74, 6) is 1.50. The number of nitrogens with one attached hydrogen (secondary N) is 1. The lowest BCUT2D eigenvalue weighted by Crippen LogP contribution is -2.48. The molecule has 1 fully saturated rings. The number of carbonyl (C=O) groups excluding carboxylic acids is 1. The lowest BCUT2D eigenvalue weighted by Gasteiger charge is -2.36. The molecule has 2 rings (SSSR count). The Balaban J connectivity index is 1.81. The van der Waals surface area contributed by atoms with E-state index in [1.807, 2.05) is 50.5 Å². The first kappa shape index (κ1) is 25.0. The Morgan fingerprint density at radius 3 is 2.58 bits per heavy atom. The molecule has 1 saturated heterocycles. The van der Waals surface area contributed by atoms with Crippen LogP contribution in [0.5, 0.6) is 0 Å². The molecule has 0 aliphatic carbocycles. The number of rotatable bonds is 8. The molecule has 2 heterocycles. The van der Waals surface area contributed by atoms with Crippen LogP contribution < -0.4 is 5.32 Å². The van der Waals surface area contributed by atoms with E-state index in [0.29, 0.717) is 12.5 Å². The lowest BCUT2D eigenvalue weighted by atomic mass is 9.96. The highest BCUT2D eigenvalue weighted by atomic mass is 16.6. The van der Waals surface area contributed by atoms with Crippen LogP contribution in [0.3, 0.4) is 0 Å². The van der Waals surface area contributed by atoms with Crippen LogP contribution in [0.2, 0.25) is 0 Å². The van der Waals surface area contributed by atoms with Crippen LogP contribution in [-0.2, 0) is 18.2 Å². The van der Waals surface area contributed by atoms with Crippen LogP contribution >= 0.6 is 0 Å². The number of carbonyl (C=O) groups is 1. The molecule has 0 unspecified atom stereocenters. The van der Waals surface area contributed by atoms with E-state index in [-0.39, 0.29) is 6.09 Å². The highest BCUT2D eigenvalue weighted by Gasteiger charge is 2.27. The van der Waals surface area contributed by atoms with Gasteiger partial charge >= 0.3 is 6.09 Å². The van der Waals surface area contributed by atoms with Crippen molar-refractivity contribution in [3.63, 3.8) is 0 Å². The Hall–Kier alpha value is -2.25. The predicted molar refractivity (Wildman–Crippen MR) is 125 cm³/mol. The van der Waals surface area contributed by atoms with E-state index in [4.69, 9.17) is 9.73 Å². The van der Waals surface area contributed by atoms with Crippen molar-refractivity contribution >= 4 is 12.1 Å². The van der Waals surface area contributed by atoms with Gasteiger partial charge in [-0.3, -0.25) is 9.67 Å². The second-order valence-corrected chi connectivity index (χ2v) is 9.31. The SMILES string of the molecule is CCNC(=NCCCc1cnn(C)c1)N1CCC(CN(CC)C(=O)OC(C)(C)C)CC1. The summed E-state index contributed by atoms with van der Waals surface area (Å²) in [4.78, 5) is 21.5. The molecule has 31 heavy (non-hydrogen) atoms. The molecule has 1 aliphatic heterocycles. The van der Waals surface area contributed by atoms with Gasteiger partial charge in [-0.05, 0) is 71.8 Å². The fraction of sp³-hybridized carbons (Fsp3) is 0.783. The number of piperidine rings is 1. The minimum absolute atomic E-state index is 0.207. The molecule has 0 atom stereocenters. The van der Waals surface area contributed by atoms with E-state index in [1.165, 1.54) is 5.56 Å². The average Bonchev–Trinajstić information content (AvgIpc) is 3.12. The molecule has 8 nitrogen and oxygen atoms in total. The molecule has 0 aromatic carbocycles. The van der Waals surface area contributed by atoms with Crippen LogP contribution in [0.25, 0.3) is 0 Å². The van der Waals surface area contributed by atoms with Crippen molar-refractivity contribution in [1.82, 2.24) is 24.9 Å². The molecule has 0 bridgehead atoms. The van der Waals surface area contributed by atoms with Crippen molar-refractivity contribution in [3.05, 3.63) is 18.0 Å². The minimum atomic E-state index is -0.456. The third-order valence-electron chi connectivity index (χ3n) is 5.40. The lowest BCUT2D eigenvalue weighted by molar-refractivity contribution is 0.0214. The third-order valence-corrected chi connectivity index (χ3v) is 5.40. The molecule has 0 spiro atoms. The molecule has 1 amide bonds. The van der Waals surface area contributed by atoms with E-state index >= 15 is 0 Å². The van der Waals surface area contributed by atoms with Gasteiger partial charge < -0.3 is 19.9 Å². The summed E-state index contributed by atoms with van der Waals surface area (Å²) in [6.45, 7) is 14.9. The number of aromatic nitrogens is 2. The Morgan fingerprint density at radius 1 is 1.32 bits per heavy atom. The zero-order chi connectivity index (χ0) is 22.9. The number of hydrogen-bond acceptors (Lipinski definition) is 4. The van der Waals surface area contributed by atoms with Gasteiger partial charge in [0.2, 0.25) is 0 Å². The first-order chi connectivity index (χ1) is 14.7. The van der Waals surface area contributed by atoms with Crippen molar-refractivity contribution in [1.29, 1.82) is 0 Å². The fourth-order valence-electron chi connectivity index (χ4n) is 3.79. The van der Waals surface area contributed by atoms with E-state index < -0.39 is 5.60 Å². The van der Waals surface area contributed by atoms with Crippen LogP contribution in [0.1, 0.15) is 59.4 Å². The van der Waals surface area contributed by atoms with Crippen molar-refractivity contribution < 1.29 is 9.53 Å². The molecule has 8 heteroatoms. The summed E-state index contributed by atoms with van der Waals surface area (Å²) in [7, 11) is 1.95. The fourth-order valence-corrected chi connectivity index (χ4v) is 3.79. The highest BCUT2D eigenvalue weighted by Crippen LogP contribution is 2.20. The van der Waals surface area contributed by atoms with E-state index in [0.717, 1.165) is 64.4 Å². The first-order valence-corrected chi connectivity index (χ1v) is 11.7. The van der Waals surface area contributed by atoms with Crippen molar-refractivity contribution in [2.75, 3.05) is 39.3 Å². The predicted octanol–water partition coefficient (Wildman–Crippen LogP) is 3.29. The largest absolute Gasteiger partial charge is 0.444 e. The Bertz CT molecular complexity index is 701. The normalized spacial score (nSPS) is 15.8. The molecule has 176 valence electrons. The molecular weight excluding hydrogens is 392 g/mol. The van der Waals surface area contributed by atoms with Crippen molar-refractivity contribution in [2.24, 2.45) is 18.0 Å². The smallest absolute Gasteiger partial charge is 0.410 e. The summed E-state index contributed by atoms with van der Waals surface area (Å²) >= 11 is 0. The zero-order valence-electron chi connectivity index (χ0n) is 20.4. The average molecular weight is 435 g/mol. The molecule has 1 aliphatic rings. The van der Waals surface area contributed by atoms with Gasteiger partial charge in [0.15, 0.2) is 5.96 Å². The second-order valence-electron chi connectivity index (χ2n) is 9.31. The topological polar surface area (TPSA) is 75.0 Å². The molecule has 1 N–H and O–H groups in total. The standard InChI is InChI=1S/C23H42N6O2/c1-7-24-21(25-13-9-10-20-16-26-27(6)17-20)29-14-11-19(12-15-29)18-28(8-2)22(30)31-23(3,4)5/h16-17,19H,7-15,18H2,1-6H3,(H,24,25). The molecular formula is C23H42N6O2. The third kappa shape index (κ3) is 8.79. The van der Waals surface area contributed by atoms with Gasteiger partial charge in [0.25, 0.3) is 0 Å². The van der Waals surface area contributed by atoms with Gasteiger partial charge in [-0.25, -0.2) is 4.79 Å². The quantitative estimate of drug-likeness (QED) is 0.386. The van der Waals surface area contributed by atoms with Crippen LogP contribution in [-0.4, -0.2) is 76.5 Å². The number of guanidine groups is 1. The zero-order valence-corrected chi connectivity index (χ0v) is 20.4. The van der Waals surface area contributed by atoms with Gasteiger partial charge in [0, 0.05) is 52.5 Å². The molecule has 0 radical (unpaired) electrons. The van der Waals surface area contributed by atoms with Gasteiger partial charge in [-0.2, -0.15) is 5.10 Å². The van der Waals surface area contributed by atoms with Gasteiger partial charge in [-0.1, -0.05) is 0 Å². The Morgan fingerprint density at radius 2 is 2.03 bits per heavy atom. The second kappa shape index (κ2) is 12.0. The number of nitrogens with zero attached hydrogens (tertiary/aromatic N) is 5. The maximum absolute atomic E-state index is 12.4. The number of aryl methyl sites for hydroxylation is 2. The number of ether oxygens (including phenoxy) is 1. The number of hydrogen-bond donors (Lipinski definition) is 1. The molecule has 1 aromatic heterocycles. The van der Waals surface area contributed by atoms with Crippen LogP contribution in [0.4, 0.5) is 4.79 Å². The number of aliphatic imine (C=N–C) groups is 1. The minimum Gasteiger partial charge on any atom is -0.444 e. The number of amides is 1. The summed E-state index contributed by atoms with van der Waals surface area (Å²) < 4.78 is 7.40. The monoisotopic (exact) mass is 434 g/mol. The molecule has 0 saturated carbocycles. The summed E-state index contributed by atoms with van der Waals surface area (Å²) in [6, 6.07) is 0. The highest BCUT2D eigenvalue weighted by molar-refractivity contribution is 5.80. The summed E-state index contributed by atoms with van der Waals surface area (Å²) in [5, 5.41) is 7.66. The summed E-state index contributed by atoms with van der Waals surface area (Å²) in [5.41, 5.74) is 0.802. The number of likely N-dealkylation sites (tertiary alicyclic amines) is 1. The van der Waals surface area contributed by atoms with Crippen molar-refractivity contribution in [3.8, 4) is 0 Å². The van der Waals surface area contributed by atoms with Crippen LogP contribution in [0.15, 0.2) is 17.4 Å². The van der Waals surface area contributed by atoms with Gasteiger partial charge in [0.05, 0.1) is 6.20 Å². The summed E-state index contributed by atoms with van der Waals surface area (Å²) in [6.07, 6.45) is 7.90.